The van der Waals surface area contributed by atoms with Gasteiger partial charge in [0.25, 0.3) is 0 Å². The van der Waals surface area contributed by atoms with E-state index in [1.807, 2.05) is 6.92 Å². The minimum Gasteiger partial charge on any atom is -0.380 e. The van der Waals surface area contributed by atoms with Gasteiger partial charge in [-0.2, -0.15) is 0 Å². The van der Waals surface area contributed by atoms with Gasteiger partial charge < -0.3 is 15.4 Å². The molecule has 0 saturated carbocycles. The van der Waals surface area contributed by atoms with Gasteiger partial charge in [0.1, 0.15) is 0 Å². The molecule has 0 aliphatic rings. The van der Waals surface area contributed by atoms with E-state index in [0.29, 0.717) is 6.61 Å². The predicted molar refractivity (Wildman–Crippen MR) is 94.6 cm³/mol. The molecule has 1 aromatic carbocycles. The summed E-state index contributed by atoms with van der Waals surface area (Å²) in [7, 11) is 1.80. The van der Waals surface area contributed by atoms with Crippen molar-refractivity contribution in [3.8, 4) is 0 Å². The van der Waals surface area contributed by atoms with Crippen molar-refractivity contribution in [2.45, 2.75) is 39.0 Å². The average molecular weight is 305 g/mol. The fourth-order valence-electron chi connectivity index (χ4n) is 2.66. The normalized spacial score (nSPS) is 12.3. The van der Waals surface area contributed by atoms with Gasteiger partial charge in [0.05, 0.1) is 6.61 Å². The predicted octanol–water partition coefficient (Wildman–Crippen LogP) is 2.95. The molecule has 0 aliphatic carbocycles. The minimum atomic E-state index is 0.138. The number of ether oxygens (including phenoxy) is 1. The Morgan fingerprint density at radius 1 is 1.09 bits per heavy atom. The number of hydrogen-bond donors (Lipinski definition) is 2. The molecule has 0 aromatic heterocycles. The molecule has 1 aromatic rings. The Hall–Kier alpha value is -1.55. The largest absolute Gasteiger partial charge is 0.380 e. The monoisotopic (exact) mass is 305 g/mol. The van der Waals surface area contributed by atoms with Crippen LogP contribution in [0.1, 0.15) is 39.2 Å². The summed E-state index contributed by atoms with van der Waals surface area (Å²) in [6.45, 7) is 9.60. The molecule has 0 spiro atoms. The van der Waals surface area contributed by atoms with Gasteiger partial charge in [0.15, 0.2) is 5.96 Å². The summed E-state index contributed by atoms with van der Waals surface area (Å²) in [6.07, 6.45) is 2.19. The molecule has 0 saturated heterocycles. The first-order valence-electron chi connectivity index (χ1n) is 8.30. The van der Waals surface area contributed by atoms with Crippen molar-refractivity contribution in [3.63, 3.8) is 0 Å². The molecule has 0 bridgehead atoms. The van der Waals surface area contributed by atoms with Crippen molar-refractivity contribution in [1.82, 2.24) is 10.6 Å². The van der Waals surface area contributed by atoms with E-state index in [-0.39, 0.29) is 5.41 Å². The summed E-state index contributed by atoms with van der Waals surface area (Å²) in [6, 6.07) is 10.7. The highest BCUT2D eigenvalue weighted by Gasteiger charge is 2.28. The van der Waals surface area contributed by atoms with Gasteiger partial charge >= 0.3 is 0 Å². The highest BCUT2D eigenvalue weighted by Crippen LogP contribution is 2.30. The van der Waals surface area contributed by atoms with Crippen molar-refractivity contribution in [3.05, 3.63) is 35.9 Å². The van der Waals surface area contributed by atoms with Crippen molar-refractivity contribution < 1.29 is 4.74 Å². The van der Waals surface area contributed by atoms with E-state index in [9.17, 15) is 0 Å². The van der Waals surface area contributed by atoms with Gasteiger partial charge in [-0.3, -0.25) is 4.99 Å². The second-order valence-corrected chi connectivity index (χ2v) is 5.40. The molecule has 0 radical (unpaired) electrons. The van der Waals surface area contributed by atoms with Crippen LogP contribution in [0.4, 0.5) is 0 Å². The summed E-state index contributed by atoms with van der Waals surface area (Å²) in [5, 5.41) is 6.76. The van der Waals surface area contributed by atoms with E-state index >= 15 is 0 Å². The fraction of sp³-hybridized carbons (Fsp3) is 0.611. The van der Waals surface area contributed by atoms with E-state index in [2.05, 4.69) is 59.8 Å². The quantitative estimate of drug-likeness (QED) is 0.419. The van der Waals surface area contributed by atoms with Gasteiger partial charge in [-0.05, 0) is 25.3 Å². The Balaban J connectivity index is 2.64. The van der Waals surface area contributed by atoms with E-state index < -0.39 is 0 Å². The first-order chi connectivity index (χ1) is 10.7. The lowest BCUT2D eigenvalue weighted by Gasteiger charge is -2.33. The highest BCUT2D eigenvalue weighted by atomic mass is 16.5. The van der Waals surface area contributed by atoms with Crippen molar-refractivity contribution in [2.75, 3.05) is 33.4 Å². The standard InChI is InChI=1S/C18H31N3O/c1-5-18(6-2,16-11-9-8-10-12-16)15-21-17(19-4)20-13-14-22-7-3/h8-12H,5-7,13-15H2,1-4H3,(H2,19,20,21). The molecule has 2 N–H and O–H groups in total. The molecule has 0 heterocycles. The molecule has 0 amide bonds. The Labute approximate surface area is 135 Å². The van der Waals surface area contributed by atoms with Crippen LogP contribution in [0.5, 0.6) is 0 Å². The molecule has 0 aliphatic heterocycles. The lowest BCUT2D eigenvalue weighted by atomic mass is 9.76. The Bertz CT molecular complexity index is 427. The maximum atomic E-state index is 5.34. The number of nitrogens with one attached hydrogen (secondary N) is 2. The Kier molecular flexibility index (Phi) is 8.60. The average Bonchev–Trinajstić information content (AvgIpc) is 2.59. The van der Waals surface area contributed by atoms with Crippen LogP contribution in [0, 0.1) is 0 Å². The third-order valence-corrected chi connectivity index (χ3v) is 4.30. The molecular formula is C18H31N3O. The fourth-order valence-corrected chi connectivity index (χ4v) is 2.66. The third-order valence-electron chi connectivity index (χ3n) is 4.30. The van der Waals surface area contributed by atoms with Crippen molar-refractivity contribution >= 4 is 5.96 Å². The first kappa shape index (κ1) is 18.5. The first-order valence-corrected chi connectivity index (χ1v) is 8.30. The topological polar surface area (TPSA) is 45.6 Å². The summed E-state index contributed by atoms with van der Waals surface area (Å²) >= 11 is 0. The Morgan fingerprint density at radius 3 is 2.32 bits per heavy atom. The summed E-state index contributed by atoms with van der Waals surface area (Å²) in [5.41, 5.74) is 1.52. The zero-order valence-corrected chi connectivity index (χ0v) is 14.5. The van der Waals surface area contributed by atoms with E-state index in [1.165, 1.54) is 5.56 Å². The van der Waals surface area contributed by atoms with Crippen LogP contribution in [-0.4, -0.2) is 39.3 Å². The maximum Gasteiger partial charge on any atom is 0.191 e. The second kappa shape index (κ2) is 10.2. The molecule has 1 rings (SSSR count). The number of guanidine groups is 1. The van der Waals surface area contributed by atoms with Crippen LogP contribution in [0.3, 0.4) is 0 Å². The Morgan fingerprint density at radius 2 is 1.77 bits per heavy atom. The van der Waals surface area contributed by atoms with E-state index in [4.69, 9.17) is 4.74 Å². The molecular weight excluding hydrogens is 274 g/mol. The second-order valence-electron chi connectivity index (χ2n) is 5.40. The number of nitrogens with zero attached hydrogens (tertiary/aromatic N) is 1. The smallest absolute Gasteiger partial charge is 0.191 e. The molecule has 0 atom stereocenters. The molecule has 0 fully saturated rings. The number of hydrogen-bond acceptors (Lipinski definition) is 2. The maximum absolute atomic E-state index is 5.34. The SMILES string of the molecule is CCOCCNC(=NC)NCC(CC)(CC)c1ccccc1. The van der Waals surface area contributed by atoms with Crippen molar-refractivity contribution in [1.29, 1.82) is 0 Å². The van der Waals surface area contributed by atoms with Crippen LogP contribution >= 0.6 is 0 Å². The van der Waals surface area contributed by atoms with Gasteiger partial charge in [0, 0.05) is 32.2 Å². The lowest BCUT2D eigenvalue weighted by Crippen LogP contribution is -2.46. The van der Waals surface area contributed by atoms with Crippen LogP contribution in [0.15, 0.2) is 35.3 Å². The van der Waals surface area contributed by atoms with Crippen LogP contribution in [0.2, 0.25) is 0 Å². The van der Waals surface area contributed by atoms with Crippen LogP contribution in [0.25, 0.3) is 0 Å². The molecule has 124 valence electrons. The molecule has 4 heteroatoms. The highest BCUT2D eigenvalue weighted by molar-refractivity contribution is 5.79. The molecule has 0 unspecified atom stereocenters. The third kappa shape index (κ3) is 5.34. The summed E-state index contributed by atoms with van der Waals surface area (Å²) in [4.78, 5) is 4.29. The van der Waals surface area contributed by atoms with E-state index in [1.54, 1.807) is 7.05 Å². The zero-order chi connectivity index (χ0) is 16.3. The molecule has 22 heavy (non-hydrogen) atoms. The van der Waals surface area contributed by atoms with Gasteiger partial charge in [-0.15, -0.1) is 0 Å². The molecule has 4 nitrogen and oxygen atoms in total. The van der Waals surface area contributed by atoms with Gasteiger partial charge in [0.2, 0.25) is 0 Å². The van der Waals surface area contributed by atoms with Crippen LogP contribution in [-0.2, 0) is 10.2 Å². The zero-order valence-electron chi connectivity index (χ0n) is 14.5. The number of benzene rings is 1. The summed E-state index contributed by atoms with van der Waals surface area (Å²) in [5.74, 6) is 0.835. The van der Waals surface area contributed by atoms with E-state index in [0.717, 1.165) is 38.5 Å². The number of rotatable bonds is 9. The van der Waals surface area contributed by atoms with Crippen LogP contribution < -0.4 is 10.6 Å². The minimum absolute atomic E-state index is 0.138. The lowest BCUT2D eigenvalue weighted by molar-refractivity contribution is 0.152. The summed E-state index contributed by atoms with van der Waals surface area (Å²) < 4.78 is 5.34. The van der Waals surface area contributed by atoms with Gasteiger partial charge in [-0.1, -0.05) is 44.2 Å². The van der Waals surface area contributed by atoms with Gasteiger partial charge in [-0.25, -0.2) is 0 Å². The van der Waals surface area contributed by atoms with Crippen molar-refractivity contribution in [2.24, 2.45) is 4.99 Å². The number of aliphatic imine (C=N–C) groups is 1.